The summed E-state index contributed by atoms with van der Waals surface area (Å²) >= 11 is 0. The molecule has 1 aliphatic heterocycles. The van der Waals surface area contributed by atoms with E-state index < -0.39 is 35.2 Å². The van der Waals surface area contributed by atoms with E-state index in [1.54, 1.807) is 27.7 Å². The standard InChI is InChI=1S/C12H21NO5/c1-7-8(14)6-13(12(7,5)9(15)16)10(17)18-11(2,3)4/h7-8,14H,6H2,1-5H3,(H,15,16)/t7-,8+,12+/m1/s1. The van der Waals surface area contributed by atoms with Crippen molar-refractivity contribution in [3.63, 3.8) is 0 Å². The average molecular weight is 259 g/mol. The molecule has 0 saturated carbocycles. The number of aliphatic hydroxyl groups excluding tert-OH is 1. The van der Waals surface area contributed by atoms with Gasteiger partial charge in [0.05, 0.1) is 12.6 Å². The number of rotatable bonds is 1. The lowest BCUT2D eigenvalue weighted by Crippen LogP contribution is -2.54. The highest BCUT2D eigenvalue weighted by Gasteiger charge is 2.56. The summed E-state index contributed by atoms with van der Waals surface area (Å²) in [5, 5.41) is 19.1. The van der Waals surface area contributed by atoms with Crippen LogP contribution >= 0.6 is 0 Å². The molecule has 0 radical (unpaired) electrons. The molecule has 6 nitrogen and oxygen atoms in total. The molecule has 0 spiro atoms. The Bertz CT molecular complexity index is 362. The highest BCUT2D eigenvalue weighted by molar-refractivity contribution is 5.85. The van der Waals surface area contributed by atoms with Crippen LogP contribution in [0, 0.1) is 5.92 Å². The van der Waals surface area contributed by atoms with Gasteiger partial charge >= 0.3 is 12.1 Å². The summed E-state index contributed by atoms with van der Waals surface area (Å²) in [7, 11) is 0. The van der Waals surface area contributed by atoms with Crippen molar-refractivity contribution in [2.75, 3.05) is 6.54 Å². The summed E-state index contributed by atoms with van der Waals surface area (Å²) in [6.07, 6.45) is -1.57. The van der Waals surface area contributed by atoms with Crippen LogP contribution in [0.1, 0.15) is 34.6 Å². The number of hydrogen-bond donors (Lipinski definition) is 2. The Morgan fingerprint density at radius 3 is 2.28 bits per heavy atom. The number of likely N-dealkylation sites (tertiary alicyclic amines) is 1. The Morgan fingerprint density at radius 1 is 1.39 bits per heavy atom. The first kappa shape index (κ1) is 14.8. The van der Waals surface area contributed by atoms with Crippen molar-refractivity contribution < 1.29 is 24.5 Å². The maximum Gasteiger partial charge on any atom is 0.411 e. The normalized spacial score (nSPS) is 32.4. The summed E-state index contributed by atoms with van der Waals surface area (Å²) in [6.45, 7) is 8.14. The fraction of sp³-hybridized carbons (Fsp3) is 0.833. The van der Waals surface area contributed by atoms with Crippen LogP contribution in [0.25, 0.3) is 0 Å². The zero-order valence-corrected chi connectivity index (χ0v) is 11.4. The van der Waals surface area contributed by atoms with Crippen molar-refractivity contribution in [1.29, 1.82) is 0 Å². The quantitative estimate of drug-likeness (QED) is 0.735. The van der Waals surface area contributed by atoms with E-state index in [-0.39, 0.29) is 6.54 Å². The molecule has 104 valence electrons. The molecule has 18 heavy (non-hydrogen) atoms. The number of aliphatic carboxylic acids is 1. The zero-order chi connectivity index (χ0) is 14.3. The van der Waals surface area contributed by atoms with Gasteiger partial charge in [0.15, 0.2) is 0 Å². The fourth-order valence-electron chi connectivity index (χ4n) is 2.05. The molecule has 0 bridgehead atoms. The first-order chi connectivity index (χ1) is 8.00. The molecule has 0 aromatic heterocycles. The first-order valence-electron chi connectivity index (χ1n) is 5.92. The van der Waals surface area contributed by atoms with E-state index >= 15 is 0 Å². The maximum atomic E-state index is 12.0. The smallest absolute Gasteiger partial charge is 0.411 e. The second kappa shape index (κ2) is 4.42. The van der Waals surface area contributed by atoms with Crippen LogP contribution < -0.4 is 0 Å². The molecular weight excluding hydrogens is 238 g/mol. The van der Waals surface area contributed by atoms with Gasteiger partial charge in [0.2, 0.25) is 0 Å². The highest BCUT2D eigenvalue weighted by Crippen LogP contribution is 2.36. The molecule has 3 atom stereocenters. The Labute approximate surface area is 107 Å². The fourth-order valence-corrected chi connectivity index (χ4v) is 2.05. The molecule has 1 fully saturated rings. The minimum atomic E-state index is -1.44. The molecule has 1 amide bonds. The molecule has 0 unspecified atom stereocenters. The van der Waals surface area contributed by atoms with E-state index in [1.165, 1.54) is 6.92 Å². The second-order valence-corrected chi connectivity index (χ2v) is 5.90. The first-order valence-corrected chi connectivity index (χ1v) is 5.92. The van der Waals surface area contributed by atoms with E-state index in [9.17, 15) is 19.8 Å². The van der Waals surface area contributed by atoms with E-state index in [0.717, 1.165) is 4.90 Å². The van der Waals surface area contributed by atoms with Gasteiger partial charge in [-0.25, -0.2) is 9.59 Å². The topological polar surface area (TPSA) is 87.1 Å². The lowest BCUT2D eigenvalue weighted by molar-refractivity contribution is -0.150. The Hall–Kier alpha value is -1.30. The number of aliphatic hydroxyl groups is 1. The number of amides is 1. The summed E-state index contributed by atoms with van der Waals surface area (Å²) < 4.78 is 5.18. The maximum absolute atomic E-state index is 12.0. The molecule has 0 aromatic carbocycles. The minimum Gasteiger partial charge on any atom is -0.479 e. The van der Waals surface area contributed by atoms with Gasteiger partial charge in [0, 0.05) is 5.92 Å². The van der Waals surface area contributed by atoms with Gasteiger partial charge in [0.25, 0.3) is 0 Å². The molecule has 2 N–H and O–H groups in total. The van der Waals surface area contributed by atoms with Gasteiger partial charge in [-0.05, 0) is 27.7 Å². The number of ether oxygens (including phenoxy) is 1. The minimum absolute atomic E-state index is 0.0289. The van der Waals surface area contributed by atoms with Crippen molar-refractivity contribution >= 4 is 12.1 Å². The number of carbonyl (C=O) groups excluding carboxylic acids is 1. The van der Waals surface area contributed by atoms with Crippen LogP contribution in [0.5, 0.6) is 0 Å². The van der Waals surface area contributed by atoms with Crippen molar-refractivity contribution in [1.82, 2.24) is 4.90 Å². The van der Waals surface area contributed by atoms with Gasteiger partial charge in [-0.2, -0.15) is 0 Å². The van der Waals surface area contributed by atoms with Crippen LogP contribution in [0.4, 0.5) is 4.79 Å². The van der Waals surface area contributed by atoms with Gasteiger partial charge < -0.3 is 14.9 Å². The summed E-state index contributed by atoms with van der Waals surface area (Å²) in [4.78, 5) is 24.5. The molecule has 1 rings (SSSR count). The van der Waals surface area contributed by atoms with Crippen molar-refractivity contribution in [3.05, 3.63) is 0 Å². The molecule has 1 aliphatic rings. The van der Waals surface area contributed by atoms with Gasteiger partial charge in [0.1, 0.15) is 11.1 Å². The zero-order valence-electron chi connectivity index (χ0n) is 11.4. The number of nitrogens with zero attached hydrogens (tertiary/aromatic N) is 1. The van der Waals surface area contributed by atoms with Crippen LogP contribution in [-0.4, -0.2) is 51.0 Å². The molecule has 0 aliphatic carbocycles. The third kappa shape index (κ3) is 2.43. The van der Waals surface area contributed by atoms with Crippen molar-refractivity contribution in [3.8, 4) is 0 Å². The van der Waals surface area contributed by atoms with E-state index in [0.29, 0.717) is 0 Å². The number of β-amino-alcohol motifs (C(OH)–C–C–N with tert-alkyl or cyclic N) is 1. The Kier molecular flexibility index (Phi) is 3.63. The van der Waals surface area contributed by atoms with E-state index in [2.05, 4.69) is 0 Å². The molecule has 1 saturated heterocycles. The number of carboxylic acids is 1. The third-order valence-corrected chi connectivity index (χ3v) is 3.44. The molecule has 1 heterocycles. The van der Waals surface area contributed by atoms with Crippen LogP contribution in [0.3, 0.4) is 0 Å². The summed E-state index contributed by atoms with van der Waals surface area (Å²) in [6, 6.07) is 0. The summed E-state index contributed by atoms with van der Waals surface area (Å²) in [5.74, 6) is -1.69. The van der Waals surface area contributed by atoms with Gasteiger partial charge in [-0.15, -0.1) is 0 Å². The SMILES string of the molecule is C[C@@H]1[C@@H](O)CN(C(=O)OC(C)(C)C)[C@]1(C)C(=O)O. The van der Waals surface area contributed by atoms with Crippen molar-refractivity contribution in [2.24, 2.45) is 5.92 Å². The Balaban J connectivity index is 3.01. The number of carboxylic acid groups (broad SMARTS) is 1. The number of carbonyl (C=O) groups is 2. The molecular formula is C12H21NO5. The van der Waals surface area contributed by atoms with Crippen molar-refractivity contribution in [2.45, 2.75) is 51.9 Å². The lowest BCUT2D eigenvalue weighted by atomic mass is 9.87. The summed E-state index contributed by atoms with van der Waals surface area (Å²) in [5.41, 5.74) is -2.14. The highest BCUT2D eigenvalue weighted by atomic mass is 16.6. The molecule has 0 aromatic rings. The van der Waals surface area contributed by atoms with Gasteiger partial charge in [-0.3, -0.25) is 4.90 Å². The number of hydrogen-bond acceptors (Lipinski definition) is 4. The van der Waals surface area contributed by atoms with Gasteiger partial charge in [-0.1, -0.05) is 6.92 Å². The predicted molar refractivity (Wildman–Crippen MR) is 64.2 cm³/mol. The van der Waals surface area contributed by atoms with Crippen LogP contribution in [0.15, 0.2) is 0 Å². The predicted octanol–water partition coefficient (Wildman–Crippen LogP) is 1.08. The molecule has 6 heteroatoms. The van der Waals surface area contributed by atoms with Crippen LogP contribution in [-0.2, 0) is 9.53 Å². The average Bonchev–Trinajstić information content (AvgIpc) is 2.41. The van der Waals surface area contributed by atoms with Crippen LogP contribution in [0.2, 0.25) is 0 Å². The van der Waals surface area contributed by atoms with E-state index in [4.69, 9.17) is 4.74 Å². The largest absolute Gasteiger partial charge is 0.479 e. The monoisotopic (exact) mass is 259 g/mol. The lowest BCUT2D eigenvalue weighted by Gasteiger charge is -2.34. The van der Waals surface area contributed by atoms with E-state index in [1.807, 2.05) is 0 Å². The second-order valence-electron chi connectivity index (χ2n) is 5.90. The Morgan fingerprint density at radius 2 is 1.89 bits per heavy atom. The third-order valence-electron chi connectivity index (χ3n) is 3.44.